The quantitative estimate of drug-likeness (QED) is 0.609. The van der Waals surface area contributed by atoms with Crippen LogP contribution in [-0.2, 0) is 18.3 Å². The summed E-state index contributed by atoms with van der Waals surface area (Å²) in [4.78, 5) is 5.93. The fourth-order valence-corrected chi connectivity index (χ4v) is 7.27. The van der Waals surface area contributed by atoms with Gasteiger partial charge in [0.15, 0.2) is 17.6 Å². The van der Waals surface area contributed by atoms with Crippen molar-refractivity contribution in [1.82, 2.24) is 9.88 Å². The van der Waals surface area contributed by atoms with Crippen molar-refractivity contribution < 1.29 is 19.7 Å². The van der Waals surface area contributed by atoms with Gasteiger partial charge in [-0.3, -0.25) is 4.90 Å². The normalized spacial score (nSPS) is 32.5. The van der Waals surface area contributed by atoms with Gasteiger partial charge in [0, 0.05) is 35.5 Å². The minimum Gasteiger partial charge on any atom is -0.493 e. The zero-order chi connectivity index (χ0) is 21.0. The summed E-state index contributed by atoms with van der Waals surface area (Å²) in [6.07, 6.45) is 1.83. The van der Waals surface area contributed by atoms with Gasteiger partial charge in [0.2, 0.25) is 0 Å². The van der Waals surface area contributed by atoms with E-state index in [2.05, 4.69) is 34.1 Å². The molecule has 6 nitrogen and oxygen atoms in total. The number of aliphatic hydroxyl groups is 2. The first kappa shape index (κ1) is 18.1. The van der Waals surface area contributed by atoms with Gasteiger partial charge in [-0.25, -0.2) is 0 Å². The molecule has 4 atom stereocenters. The monoisotopic (exact) mass is 418 g/mol. The molecule has 31 heavy (non-hydrogen) atoms. The maximum Gasteiger partial charge on any atom is 0.166 e. The number of aromatic nitrogens is 1. The molecule has 3 heterocycles. The van der Waals surface area contributed by atoms with E-state index in [1.165, 1.54) is 5.56 Å². The topological polar surface area (TPSA) is 78.0 Å². The number of aliphatic hydroxyl groups excluding tert-OH is 1. The molecule has 6 heteroatoms. The molecular formula is C25H26N2O4. The molecule has 1 aromatic heterocycles. The van der Waals surface area contributed by atoms with Crippen LogP contribution in [-0.4, -0.2) is 58.5 Å². The van der Waals surface area contributed by atoms with Crippen LogP contribution < -0.4 is 9.47 Å². The van der Waals surface area contributed by atoms with E-state index in [1.807, 2.05) is 12.1 Å². The lowest BCUT2D eigenvalue weighted by atomic mass is 9.49. The van der Waals surface area contributed by atoms with Crippen molar-refractivity contribution in [2.75, 3.05) is 26.8 Å². The Hall–Kier alpha value is -2.54. The molecule has 0 amide bonds. The summed E-state index contributed by atoms with van der Waals surface area (Å²) in [6.45, 7) is 1.51. The van der Waals surface area contributed by atoms with Crippen molar-refractivity contribution in [2.45, 2.75) is 42.4 Å². The molecule has 1 fully saturated rings. The Labute approximate surface area is 180 Å². The minimum absolute atomic E-state index is 0.0619. The van der Waals surface area contributed by atoms with Crippen molar-refractivity contribution in [3.8, 4) is 11.5 Å². The zero-order valence-electron chi connectivity index (χ0n) is 17.5. The summed E-state index contributed by atoms with van der Waals surface area (Å²) in [5, 5.41) is 23.5. The highest BCUT2D eigenvalue weighted by atomic mass is 16.5. The fraction of sp³-hybridized carbons (Fsp3) is 0.440. The molecule has 0 radical (unpaired) electrons. The van der Waals surface area contributed by atoms with Gasteiger partial charge >= 0.3 is 0 Å². The van der Waals surface area contributed by atoms with E-state index < -0.39 is 11.0 Å². The number of fused-ring (bicyclic) bond motifs is 4. The number of aromatic amines is 1. The van der Waals surface area contributed by atoms with Gasteiger partial charge in [0.05, 0.1) is 30.4 Å². The number of ether oxygens (including phenoxy) is 2. The summed E-state index contributed by atoms with van der Waals surface area (Å²) in [6, 6.07) is 12.4. The molecule has 160 valence electrons. The number of nitrogens with one attached hydrogen (secondary N) is 1. The fourth-order valence-electron chi connectivity index (χ4n) is 7.27. The van der Waals surface area contributed by atoms with Crippen molar-refractivity contribution in [1.29, 1.82) is 0 Å². The van der Waals surface area contributed by atoms with E-state index in [0.29, 0.717) is 13.0 Å². The third kappa shape index (κ3) is 1.91. The number of likely N-dealkylation sites (tertiary alicyclic amines) is 1. The Balaban J connectivity index is 1.56. The van der Waals surface area contributed by atoms with Gasteiger partial charge in [0.1, 0.15) is 0 Å². The Bertz CT molecular complexity index is 1240. The Morgan fingerprint density at radius 2 is 2.13 bits per heavy atom. The van der Waals surface area contributed by atoms with Gasteiger partial charge in [-0.1, -0.05) is 24.3 Å². The van der Waals surface area contributed by atoms with Crippen LogP contribution in [0, 0.1) is 0 Å². The second-order valence-electron chi connectivity index (χ2n) is 9.49. The zero-order valence-corrected chi connectivity index (χ0v) is 17.5. The van der Waals surface area contributed by atoms with Crippen LogP contribution in [0.1, 0.15) is 34.9 Å². The van der Waals surface area contributed by atoms with E-state index in [1.54, 1.807) is 7.11 Å². The first-order valence-corrected chi connectivity index (χ1v) is 11.2. The molecule has 2 bridgehead atoms. The van der Waals surface area contributed by atoms with Gasteiger partial charge in [-0.15, -0.1) is 0 Å². The molecule has 4 aliphatic rings. The molecular weight excluding hydrogens is 392 g/mol. The molecule has 3 N–H and O–H groups in total. The molecule has 2 aromatic carbocycles. The lowest BCUT2D eigenvalue weighted by Crippen LogP contribution is -2.74. The van der Waals surface area contributed by atoms with E-state index in [0.717, 1.165) is 58.6 Å². The van der Waals surface area contributed by atoms with Gasteiger partial charge in [0.25, 0.3) is 0 Å². The lowest BCUT2D eigenvalue weighted by molar-refractivity contribution is -0.173. The molecule has 7 rings (SSSR count). The Morgan fingerprint density at radius 1 is 1.26 bits per heavy atom. The summed E-state index contributed by atoms with van der Waals surface area (Å²) in [5.41, 5.74) is 4.21. The van der Waals surface area contributed by atoms with Crippen molar-refractivity contribution in [3.05, 3.63) is 58.8 Å². The van der Waals surface area contributed by atoms with Crippen molar-refractivity contribution in [3.63, 3.8) is 0 Å². The summed E-state index contributed by atoms with van der Waals surface area (Å²) >= 11 is 0. The number of hydrogen-bond donors (Lipinski definition) is 3. The molecule has 1 saturated heterocycles. The SMILES string of the molecule is COc1ccc2c3c1O[C@H]1c4[nH]c5ccccc5c4C[C@@]4(O)[C@@H](C2)N(CCO)CC[C@]314. The minimum atomic E-state index is -0.979. The second-order valence-corrected chi connectivity index (χ2v) is 9.49. The number of benzene rings is 2. The predicted octanol–water partition coefficient (Wildman–Crippen LogP) is 2.46. The standard InChI is InChI=1S/C25H26N2O4/c1-30-18-7-6-14-12-19-25(29)13-16-15-4-2-3-5-17(15)26-21(16)23-24(25,20(14)22(18)31-23)8-9-27(19)10-11-28/h2-7,19,23,26,28-29H,8-13H2,1H3/t19-,23+,24+,25-/m1/s1. The smallest absolute Gasteiger partial charge is 0.166 e. The van der Waals surface area contributed by atoms with Crippen LogP contribution in [0.5, 0.6) is 11.5 Å². The van der Waals surface area contributed by atoms with Crippen LogP contribution >= 0.6 is 0 Å². The highest BCUT2D eigenvalue weighted by molar-refractivity contribution is 5.86. The maximum absolute atomic E-state index is 12.6. The van der Waals surface area contributed by atoms with Crippen LogP contribution in [0.15, 0.2) is 36.4 Å². The van der Waals surface area contributed by atoms with Crippen molar-refractivity contribution >= 4 is 10.9 Å². The van der Waals surface area contributed by atoms with Gasteiger partial charge in [-0.05, 0) is 42.6 Å². The molecule has 2 aliphatic heterocycles. The largest absolute Gasteiger partial charge is 0.493 e. The number of rotatable bonds is 3. The molecule has 3 aromatic rings. The number of methoxy groups -OCH3 is 1. The van der Waals surface area contributed by atoms with E-state index in [4.69, 9.17) is 9.47 Å². The second kappa shape index (κ2) is 5.82. The number of hydrogen-bond acceptors (Lipinski definition) is 5. The van der Waals surface area contributed by atoms with Gasteiger partial charge in [-0.2, -0.15) is 0 Å². The first-order chi connectivity index (χ1) is 15.1. The summed E-state index contributed by atoms with van der Waals surface area (Å²) < 4.78 is 12.4. The Kier molecular flexibility index (Phi) is 3.39. The number of β-amino-alcohol motifs (C(OH)–C–C–N with tert-alkyl or cyclic N) is 1. The van der Waals surface area contributed by atoms with E-state index >= 15 is 0 Å². The molecule has 0 saturated carbocycles. The summed E-state index contributed by atoms with van der Waals surface area (Å²) in [5.74, 6) is 1.53. The third-order valence-corrected chi connectivity index (χ3v) is 8.47. The number of nitrogens with zero attached hydrogens (tertiary/aromatic N) is 1. The van der Waals surface area contributed by atoms with Gasteiger partial charge < -0.3 is 24.7 Å². The molecule has 0 unspecified atom stereocenters. The average Bonchev–Trinajstić information content (AvgIpc) is 3.31. The van der Waals surface area contributed by atoms with Crippen LogP contribution in [0.3, 0.4) is 0 Å². The summed E-state index contributed by atoms with van der Waals surface area (Å²) in [7, 11) is 1.68. The lowest BCUT2D eigenvalue weighted by Gasteiger charge is -2.62. The van der Waals surface area contributed by atoms with E-state index in [-0.39, 0.29) is 18.8 Å². The maximum atomic E-state index is 12.6. The highest BCUT2D eigenvalue weighted by Crippen LogP contribution is 2.68. The number of H-pyrrole nitrogens is 1. The number of para-hydroxylation sites is 1. The van der Waals surface area contributed by atoms with Crippen LogP contribution in [0.25, 0.3) is 10.9 Å². The predicted molar refractivity (Wildman–Crippen MR) is 116 cm³/mol. The van der Waals surface area contributed by atoms with Crippen molar-refractivity contribution in [2.24, 2.45) is 0 Å². The van der Waals surface area contributed by atoms with Crippen LogP contribution in [0.4, 0.5) is 0 Å². The molecule has 1 spiro atoms. The third-order valence-electron chi connectivity index (χ3n) is 8.47. The first-order valence-electron chi connectivity index (χ1n) is 11.2. The molecule has 2 aliphatic carbocycles. The average molecular weight is 418 g/mol. The Morgan fingerprint density at radius 3 is 2.97 bits per heavy atom. The number of piperidine rings is 1. The highest BCUT2D eigenvalue weighted by Gasteiger charge is 2.72. The van der Waals surface area contributed by atoms with E-state index in [9.17, 15) is 10.2 Å². The van der Waals surface area contributed by atoms with Crippen LogP contribution in [0.2, 0.25) is 0 Å².